The van der Waals surface area contributed by atoms with E-state index in [-0.39, 0.29) is 22.8 Å². The predicted molar refractivity (Wildman–Crippen MR) is 84.6 cm³/mol. The molecule has 0 aliphatic carbocycles. The van der Waals surface area contributed by atoms with E-state index in [4.69, 9.17) is 14.6 Å². The first kappa shape index (κ1) is 17.9. The highest BCUT2D eigenvalue weighted by Gasteiger charge is 2.16. The number of hydrogen-bond acceptors (Lipinski definition) is 5. The number of methoxy groups -OCH3 is 1. The molecule has 2 N–H and O–H groups in total. The number of sulfonamides is 1. The van der Waals surface area contributed by atoms with Crippen LogP contribution in [0.1, 0.15) is 21.5 Å². The van der Waals surface area contributed by atoms with Crippen molar-refractivity contribution >= 4 is 16.0 Å². The molecule has 0 amide bonds. The van der Waals surface area contributed by atoms with E-state index in [0.29, 0.717) is 11.1 Å². The van der Waals surface area contributed by atoms with E-state index >= 15 is 0 Å². The topological polar surface area (TPSA) is 95.7 Å². The summed E-state index contributed by atoms with van der Waals surface area (Å²) in [6.45, 7) is 1.47. The summed E-state index contributed by atoms with van der Waals surface area (Å²) < 4.78 is 46.2. The number of halogens is 1. The molecule has 0 fully saturated rings. The van der Waals surface area contributed by atoms with E-state index in [1.165, 1.54) is 31.4 Å². The normalized spacial score (nSPS) is 11.2. The first-order chi connectivity index (χ1) is 11.2. The van der Waals surface area contributed by atoms with Crippen molar-refractivity contribution in [2.75, 3.05) is 7.11 Å². The largest absolute Gasteiger partial charge is 0.494 e. The van der Waals surface area contributed by atoms with Crippen molar-refractivity contribution in [1.82, 2.24) is 0 Å². The molecule has 2 aromatic rings. The molecule has 2 aromatic carbocycles. The van der Waals surface area contributed by atoms with Gasteiger partial charge in [-0.2, -0.15) is 0 Å². The minimum absolute atomic E-state index is 0.0792. The van der Waals surface area contributed by atoms with E-state index in [9.17, 15) is 17.6 Å². The van der Waals surface area contributed by atoms with Crippen molar-refractivity contribution in [3.8, 4) is 5.75 Å². The van der Waals surface area contributed by atoms with Crippen LogP contribution in [-0.2, 0) is 21.4 Å². The minimum atomic E-state index is -3.93. The van der Waals surface area contributed by atoms with Gasteiger partial charge in [-0.3, -0.25) is 0 Å². The van der Waals surface area contributed by atoms with E-state index < -0.39 is 21.8 Å². The predicted octanol–water partition coefficient (Wildman–Crippen LogP) is 2.15. The molecule has 0 saturated heterocycles. The highest BCUT2D eigenvalue weighted by atomic mass is 32.2. The second-order valence-electron chi connectivity index (χ2n) is 5.07. The second kappa shape index (κ2) is 6.98. The summed E-state index contributed by atoms with van der Waals surface area (Å²) in [5.74, 6) is -1.21. The van der Waals surface area contributed by atoms with Crippen LogP contribution in [0.15, 0.2) is 41.3 Å². The smallest absolute Gasteiger partial charge is 0.338 e. The van der Waals surface area contributed by atoms with Gasteiger partial charge in [0.2, 0.25) is 10.0 Å². The molecular formula is C16H16FNO5S. The van der Waals surface area contributed by atoms with Crippen LogP contribution < -0.4 is 9.88 Å². The Morgan fingerprint density at radius 2 is 1.92 bits per heavy atom. The van der Waals surface area contributed by atoms with Crippen molar-refractivity contribution in [1.29, 1.82) is 0 Å². The zero-order valence-corrected chi connectivity index (χ0v) is 13.9. The lowest BCUT2D eigenvalue weighted by Gasteiger charge is -2.09. The zero-order valence-electron chi connectivity index (χ0n) is 13.1. The van der Waals surface area contributed by atoms with Gasteiger partial charge < -0.3 is 9.47 Å². The van der Waals surface area contributed by atoms with Gasteiger partial charge in [-0.25, -0.2) is 22.7 Å². The molecule has 24 heavy (non-hydrogen) atoms. The monoisotopic (exact) mass is 353 g/mol. The van der Waals surface area contributed by atoms with Crippen molar-refractivity contribution < 1.29 is 27.1 Å². The van der Waals surface area contributed by atoms with Gasteiger partial charge in [-0.05, 0) is 42.3 Å². The maximum Gasteiger partial charge on any atom is 0.338 e. The molecule has 0 spiro atoms. The molecular weight excluding hydrogens is 337 g/mol. The van der Waals surface area contributed by atoms with Crippen molar-refractivity contribution in [3.63, 3.8) is 0 Å². The summed E-state index contributed by atoms with van der Waals surface area (Å²) in [5.41, 5.74) is 1.05. The lowest BCUT2D eigenvalue weighted by molar-refractivity contribution is 0.0471. The Hall–Kier alpha value is -2.45. The average Bonchev–Trinajstić information content (AvgIpc) is 2.52. The number of hydrogen-bond donors (Lipinski definition) is 1. The maximum absolute atomic E-state index is 13.6. The Labute approximate surface area is 139 Å². The first-order valence-corrected chi connectivity index (χ1v) is 8.40. The van der Waals surface area contributed by atoms with Crippen LogP contribution in [0.3, 0.4) is 0 Å². The standard InChI is InChI=1S/C16H16FNO5S/c1-10-3-5-12(24(18,20)21)8-13(10)16(19)23-9-11-4-6-15(22-2)14(17)7-11/h3-8H,9H2,1-2H3,(H2,18,20,21). The summed E-state index contributed by atoms with van der Waals surface area (Å²) in [4.78, 5) is 12.0. The van der Waals surface area contributed by atoms with Crippen molar-refractivity contribution in [3.05, 3.63) is 58.9 Å². The molecule has 128 valence electrons. The highest BCUT2D eigenvalue weighted by Crippen LogP contribution is 2.19. The van der Waals surface area contributed by atoms with Crippen LogP contribution >= 0.6 is 0 Å². The molecule has 0 aliphatic heterocycles. The lowest BCUT2D eigenvalue weighted by Crippen LogP contribution is -2.14. The number of ether oxygens (including phenoxy) is 2. The molecule has 0 atom stereocenters. The van der Waals surface area contributed by atoms with Gasteiger partial charge in [0.15, 0.2) is 11.6 Å². The number of nitrogens with two attached hydrogens (primary N) is 1. The summed E-state index contributed by atoms with van der Waals surface area (Å²) in [6, 6.07) is 8.10. The van der Waals surface area contributed by atoms with Crippen molar-refractivity contribution in [2.24, 2.45) is 5.14 Å². The van der Waals surface area contributed by atoms with E-state index in [2.05, 4.69) is 0 Å². The SMILES string of the molecule is COc1ccc(COC(=O)c2cc(S(N)(=O)=O)ccc2C)cc1F. The Bertz CT molecular complexity index is 880. The third-order valence-electron chi connectivity index (χ3n) is 3.34. The van der Waals surface area contributed by atoms with Crippen LogP contribution in [0.25, 0.3) is 0 Å². The van der Waals surface area contributed by atoms with Crippen molar-refractivity contribution in [2.45, 2.75) is 18.4 Å². The Morgan fingerprint density at radius 1 is 1.21 bits per heavy atom. The van der Waals surface area contributed by atoms with Gasteiger partial charge >= 0.3 is 5.97 Å². The Kier molecular flexibility index (Phi) is 5.20. The number of rotatable bonds is 5. The number of primary sulfonamides is 1. The number of carbonyl (C=O) groups is 1. The molecule has 0 aromatic heterocycles. The summed E-state index contributed by atoms with van der Waals surface area (Å²) in [5, 5.41) is 5.05. The lowest BCUT2D eigenvalue weighted by atomic mass is 10.1. The van der Waals surface area contributed by atoms with Crippen LogP contribution in [0.2, 0.25) is 0 Å². The molecule has 0 unspecified atom stereocenters. The van der Waals surface area contributed by atoms with Crippen LogP contribution in [-0.4, -0.2) is 21.5 Å². The molecule has 0 aliphatic rings. The molecule has 0 radical (unpaired) electrons. The number of carbonyl (C=O) groups excluding carboxylic acids is 1. The summed E-state index contributed by atoms with van der Waals surface area (Å²) in [7, 11) is -2.58. The third-order valence-corrected chi connectivity index (χ3v) is 4.25. The minimum Gasteiger partial charge on any atom is -0.494 e. The Morgan fingerprint density at radius 3 is 2.50 bits per heavy atom. The number of benzene rings is 2. The van der Waals surface area contributed by atoms with Crippen LogP contribution in [0, 0.1) is 12.7 Å². The fourth-order valence-corrected chi connectivity index (χ4v) is 2.56. The quantitative estimate of drug-likeness (QED) is 0.831. The fourth-order valence-electron chi connectivity index (χ4n) is 2.02. The second-order valence-corrected chi connectivity index (χ2v) is 6.63. The van der Waals surface area contributed by atoms with Gasteiger partial charge in [0.1, 0.15) is 6.61 Å². The van der Waals surface area contributed by atoms with E-state index in [1.807, 2.05) is 0 Å². The van der Waals surface area contributed by atoms with Crippen LogP contribution in [0.4, 0.5) is 4.39 Å². The third kappa shape index (κ3) is 4.09. The average molecular weight is 353 g/mol. The molecule has 0 heterocycles. The van der Waals surface area contributed by atoms with Gasteiger partial charge in [0, 0.05) is 0 Å². The molecule has 6 nitrogen and oxygen atoms in total. The zero-order chi connectivity index (χ0) is 17.9. The summed E-state index contributed by atoms with van der Waals surface area (Å²) >= 11 is 0. The Balaban J connectivity index is 2.17. The van der Waals surface area contributed by atoms with Gasteiger partial charge in [-0.15, -0.1) is 0 Å². The number of esters is 1. The van der Waals surface area contributed by atoms with Crippen LogP contribution in [0.5, 0.6) is 5.75 Å². The molecule has 0 saturated carbocycles. The number of aryl methyl sites for hydroxylation is 1. The fraction of sp³-hybridized carbons (Fsp3) is 0.188. The van der Waals surface area contributed by atoms with Gasteiger partial charge in [-0.1, -0.05) is 12.1 Å². The first-order valence-electron chi connectivity index (χ1n) is 6.85. The summed E-state index contributed by atoms with van der Waals surface area (Å²) in [6.07, 6.45) is 0. The maximum atomic E-state index is 13.6. The van der Waals surface area contributed by atoms with E-state index in [0.717, 1.165) is 6.07 Å². The highest BCUT2D eigenvalue weighted by molar-refractivity contribution is 7.89. The van der Waals surface area contributed by atoms with Gasteiger partial charge in [0.05, 0.1) is 17.6 Å². The molecule has 0 bridgehead atoms. The van der Waals surface area contributed by atoms with Gasteiger partial charge in [0.25, 0.3) is 0 Å². The molecule has 8 heteroatoms. The molecule has 2 rings (SSSR count). The van der Waals surface area contributed by atoms with E-state index in [1.54, 1.807) is 13.0 Å².